The SMILES string of the molecule is Cn1ccnc1N1[C-]=C(OC2=[C-]N(c3nccn3C)c3ccccc3-c3ccccc32)c2ccccc2-c2ccccc21.[Pt+2]. The summed E-state index contributed by atoms with van der Waals surface area (Å²) in [4.78, 5) is 13.3. The first-order valence-corrected chi connectivity index (χ1v) is 14.0. The van der Waals surface area contributed by atoms with Crippen molar-refractivity contribution in [3.8, 4) is 22.3 Å². The van der Waals surface area contributed by atoms with E-state index in [9.17, 15) is 0 Å². The summed E-state index contributed by atoms with van der Waals surface area (Å²) in [5, 5.41) is 0. The van der Waals surface area contributed by atoms with Crippen molar-refractivity contribution in [3.05, 3.63) is 145 Å². The van der Waals surface area contributed by atoms with Gasteiger partial charge in [0.25, 0.3) is 0 Å². The van der Waals surface area contributed by atoms with Crippen LogP contribution < -0.4 is 9.80 Å². The van der Waals surface area contributed by atoms with Crippen molar-refractivity contribution in [1.29, 1.82) is 0 Å². The summed E-state index contributed by atoms with van der Waals surface area (Å²) in [7, 11) is 3.95. The summed E-state index contributed by atoms with van der Waals surface area (Å²) in [5.74, 6) is 2.56. The molecule has 0 atom stereocenters. The molecule has 2 aliphatic heterocycles. The Balaban J connectivity index is 0.00000312. The van der Waals surface area contributed by atoms with E-state index in [0.717, 1.165) is 56.7 Å². The maximum absolute atomic E-state index is 7.00. The second-order valence-electron chi connectivity index (χ2n) is 10.5. The molecular weight excluding hydrogens is 728 g/mol. The minimum atomic E-state index is 0. The van der Waals surface area contributed by atoms with Gasteiger partial charge < -0.3 is 23.7 Å². The number of aryl methyl sites for hydroxylation is 2. The van der Waals surface area contributed by atoms with Gasteiger partial charge in [0.2, 0.25) is 0 Å². The number of aromatic nitrogens is 4. The first kappa shape index (κ1) is 27.7. The zero-order valence-electron chi connectivity index (χ0n) is 24.0. The summed E-state index contributed by atoms with van der Waals surface area (Å²) in [5.41, 5.74) is 7.98. The molecule has 2 aliphatic rings. The number of hydrogen-bond acceptors (Lipinski definition) is 5. The monoisotopic (exact) mass is 753 g/mol. The number of ether oxygens (including phenoxy) is 1. The molecule has 216 valence electrons. The molecule has 0 aliphatic carbocycles. The first-order valence-electron chi connectivity index (χ1n) is 14.0. The van der Waals surface area contributed by atoms with Crippen LogP contribution in [0.5, 0.6) is 0 Å². The Hall–Kier alpha value is -5.13. The Kier molecular flexibility index (Phi) is 7.03. The summed E-state index contributed by atoms with van der Waals surface area (Å²) in [6, 6.07) is 33.1. The Morgan fingerprint density at radius 3 is 1.25 bits per heavy atom. The molecule has 4 aromatic carbocycles. The standard InChI is InChI=1S/C36H26N6O.Pt/c1-39-21-19-37-35(39)41-23-33(29-15-5-3-11-25(29)27-13-7-9-17-31(27)41)43-34-24-42(36-38-20-22-40(36)2)32-18-10-8-14-28(32)26-12-4-6-16-30(26)34;/h3-22H,1-2H3;/q-2;+2. The van der Waals surface area contributed by atoms with Gasteiger partial charge in [0.1, 0.15) is 11.9 Å². The van der Waals surface area contributed by atoms with Crippen molar-refractivity contribution in [1.82, 2.24) is 19.1 Å². The van der Waals surface area contributed by atoms with Crippen LogP contribution in [0.2, 0.25) is 0 Å². The molecule has 8 heteroatoms. The summed E-state index contributed by atoms with van der Waals surface area (Å²) in [6.07, 6.45) is 14.6. The minimum absolute atomic E-state index is 0. The van der Waals surface area contributed by atoms with E-state index in [0.29, 0.717) is 11.5 Å². The van der Waals surface area contributed by atoms with E-state index in [4.69, 9.17) is 4.74 Å². The zero-order valence-corrected chi connectivity index (χ0v) is 26.2. The zero-order chi connectivity index (χ0) is 28.9. The Bertz CT molecular complexity index is 1930. The number of anilines is 4. The van der Waals surface area contributed by atoms with E-state index in [-0.39, 0.29) is 21.1 Å². The van der Waals surface area contributed by atoms with Crippen LogP contribution in [0.1, 0.15) is 11.1 Å². The third kappa shape index (κ3) is 4.48. The quantitative estimate of drug-likeness (QED) is 0.173. The van der Waals surface area contributed by atoms with Crippen molar-refractivity contribution in [2.24, 2.45) is 14.1 Å². The number of rotatable bonds is 4. The Labute approximate surface area is 270 Å². The minimum Gasteiger partial charge on any atom is -0.492 e. The van der Waals surface area contributed by atoms with Crippen LogP contribution in [0.25, 0.3) is 33.8 Å². The van der Waals surface area contributed by atoms with Gasteiger partial charge in [0, 0.05) is 38.9 Å². The van der Waals surface area contributed by atoms with E-state index in [1.165, 1.54) is 0 Å². The van der Waals surface area contributed by atoms with Gasteiger partial charge in [-0.25, -0.2) is 0 Å². The number of fused-ring (bicyclic) bond motifs is 6. The van der Waals surface area contributed by atoms with Gasteiger partial charge in [-0.3, -0.25) is 9.97 Å². The Morgan fingerprint density at radius 2 is 0.864 bits per heavy atom. The molecule has 0 saturated carbocycles. The van der Waals surface area contributed by atoms with Crippen LogP contribution in [0.4, 0.5) is 23.3 Å². The molecule has 0 saturated heterocycles. The third-order valence-electron chi connectivity index (χ3n) is 7.84. The average Bonchev–Trinajstić information content (AvgIpc) is 3.61. The van der Waals surface area contributed by atoms with E-state index in [1.807, 2.05) is 69.7 Å². The maximum Gasteiger partial charge on any atom is 2.00 e. The van der Waals surface area contributed by atoms with Crippen LogP contribution in [0.3, 0.4) is 0 Å². The molecule has 0 fully saturated rings. The molecule has 0 amide bonds. The molecule has 44 heavy (non-hydrogen) atoms. The number of benzene rings is 4. The largest absolute Gasteiger partial charge is 2.00 e. The predicted molar refractivity (Wildman–Crippen MR) is 169 cm³/mol. The molecule has 6 aromatic rings. The number of para-hydroxylation sites is 2. The topological polar surface area (TPSA) is 51.4 Å². The number of nitrogens with zero attached hydrogens (tertiary/aromatic N) is 6. The van der Waals surface area contributed by atoms with Crippen molar-refractivity contribution < 1.29 is 25.8 Å². The molecule has 0 radical (unpaired) electrons. The maximum atomic E-state index is 7.00. The van der Waals surface area contributed by atoms with Gasteiger partial charge in [0.15, 0.2) is 0 Å². The molecule has 8 rings (SSSR count). The van der Waals surface area contributed by atoms with Crippen LogP contribution in [-0.4, -0.2) is 19.1 Å². The van der Waals surface area contributed by atoms with E-state index in [2.05, 4.69) is 95.2 Å². The molecule has 4 heterocycles. The van der Waals surface area contributed by atoms with Gasteiger partial charge in [-0.05, 0) is 46.0 Å². The second kappa shape index (κ2) is 11.2. The molecule has 0 N–H and O–H groups in total. The van der Waals surface area contributed by atoms with Crippen molar-refractivity contribution in [2.45, 2.75) is 0 Å². The van der Waals surface area contributed by atoms with Crippen LogP contribution >= 0.6 is 0 Å². The molecular formula is C36H26N6OPt. The number of hydrogen-bond donors (Lipinski definition) is 0. The van der Waals surface area contributed by atoms with E-state index < -0.39 is 0 Å². The van der Waals surface area contributed by atoms with Crippen molar-refractivity contribution in [2.75, 3.05) is 9.80 Å². The average molecular weight is 754 g/mol. The van der Waals surface area contributed by atoms with Crippen molar-refractivity contribution >= 4 is 34.8 Å². The first-order chi connectivity index (χ1) is 21.2. The van der Waals surface area contributed by atoms with Crippen LogP contribution in [0, 0.1) is 12.4 Å². The Morgan fingerprint density at radius 1 is 0.500 bits per heavy atom. The second-order valence-corrected chi connectivity index (χ2v) is 10.5. The van der Waals surface area contributed by atoms with Gasteiger partial charge in [-0.15, -0.1) is 0 Å². The predicted octanol–water partition coefficient (Wildman–Crippen LogP) is 7.71. The molecule has 0 spiro atoms. The summed E-state index contributed by atoms with van der Waals surface area (Å²) in [6.45, 7) is 0. The normalized spacial score (nSPS) is 13.2. The molecule has 7 nitrogen and oxygen atoms in total. The van der Waals surface area contributed by atoms with Gasteiger partial charge in [-0.1, -0.05) is 108 Å². The molecule has 2 aromatic heterocycles. The van der Waals surface area contributed by atoms with Gasteiger partial charge in [-0.2, -0.15) is 0 Å². The smallest absolute Gasteiger partial charge is 0.492 e. The fraction of sp³-hybridized carbons (Fsp3) is 0.0556. The fourth-order valence-electron chi connectivity index (χ4n) is 5.79. The summed E-state index contributed by atoms with van der Waals surface area (Å²) >= 11 is 0. The third-order valence-corrected chi connectivity index (χ3v) is 7.84. The van der Waals surface area contributed by atoms with E-state index in [1.54, 1.807) is 12.4 Å². The fourth-order valence-corrected chi connectivity index (χ4v) is 5.79. The van der Waals surface area contributed by atoms with Gasteiger partial charge >= 0.3 is 21.1 Å². The molecule has 0 bridgehead atoms. The van der Waals surface area contributed by atoms with Crippen LogP contribution in [-0.2, 0) is 39.9 Å². The van der Waals surface area contributed by atoms with Crippen molar-refractivity contribution in [3.63, 3.8) is 0 Å². The number of imidazole rings is 2. The van der Waals surface area contributed by atoms with E-state index >= 15 is 0 Å². The van der Waals surface area contributed by atoms with Gasteiger partial charge in [0.05, 0.1) is 11.5 Å². The van der Waals surface area contributed by atoms with Crippen LogP contribution in [0.15, 0.2) is 122 Å². The molecule has 0 unspecified atom stereocenters. The summed E-state index contributed by atoms with van der Waals surface area (Å²) < 4.78 is 10.9.